The third-order valence-corrected chi connectivity index (χ3v) is 1.34. The second kappa shape index (κ2) is 2.71. The minimum absolute atomic E-state index is 0.0554. The van der Waals surface area contributed by atoms with E-state index in [4.69, 9.17) is 0 Å². The molecule has 3 nitrogen and oxygen atoms in total. The Morgan fingerprint density at radius 1 is 1.15 bits per heavy atom. The molecule has 0 spiro atoms. The molecule has 0 aliphatic rings. The van der Waals surface area contributed by atoms with Crippen LogP contribution in [-0.4, -0.2) is 10.1 Å². The van der Waals surface area contributed by atoms with Gasteiger partial charge in [0.2, 0.25) is 0 Å². The largest absolute Gasteiger partial charge is 0.471 e. The second-order valence-corrected chi connectivity index (χ2v) is 3.67. The molecule has 0 saturated heterocycles. The van der Waals surface area contributed by atoms with Crippen LogP contribution in [0.4, 0.5) is 13.2 Å². The van der Waals surface area contributed by atoms with E-state index in [1.165, 1.54) is 0 Å². The lowest BCUT2D eigenvalue weighted by molar-refractivity contribution is -0.159. The van der Waals surface area contributed by atoms with Gasteiger partial charge >= 0.3 is 12.1 Å². The summed E-state index contributed by atoms with van der Waals surface area (Å²) in [6.45, 7) is 5.12. The van der Waals surface area contributed by atoms with Gasteiger partial charge in [0.15, 0.2) is 5.82 Å². The third kappa shape index (κ3) is 2.19. The normalized spacial score (nSPS) is 13.4. The van der Waals surface area contributed by atoms with Crippen molar-refractivity contribution >= 4 is 0 Å². The van der Waals surface area contributed by atoms with E-state index in [9.17, 15) is 13.2 Å². The van der Waals surface area contributed by atoms with Crippen LogP contribution < -0.4 is 0 Å². The van der Waals surface area contributed by atoms with Gasteiger partial charge in [-0.1, -0.05) is 25.9 Å². The molecule has 0 bridgehead atoms. The van der Waals surface area contributed by atoms with Gasteiger partial charge in [-0.3, -0.25) is 0 Å². The molecule has 1 heterocycles. The number of alkyl halides is 3. The van der Waals surface area contributed by atoms with Gasteiger partial charge in [-0.05, 0) is 0 Å². The maximum absolute atomic E-state index is 12.0. The molecule has 1 rings (SSSR count). The Morgan fingerprint density at radius 3 is 1.92 bits per heavy atom. The molecule has 0 unspecified atom stereocenters. The first-order valence-electron chi connectivity index (χ1n) is 3.62. The quantitative estimate of drug-likeness (QED) is 0.636. The van der Waals surface area contributed by atoms with E-state index in [0.717, 1.165) is 0 Å². The summed E-state index contributed by atoms with van der Waals surface area (Å²) in [5, 5.41) is 3.25. The van der Waals surface area contributed by atoms with Crippen LogP contribution in [0.3, 0.4) is 0 Å². The Balaban J connectivity index is 3.01. The van der Waals surface area contributed by atoms with Crippen molar-refractivity contribution in [1.29, 1.82) is 0 Å². The van der Waals surface area contributed by atoms with Gasteiger partial charge < -0.3 is 4.52 Å². The van der Waals surface area contributed by atoms with Crippen molar-refractivity contribution in [3.63, 3.8) is 0 Å². The number of hydrogen-bond acceptors (Lipinski definition) is 3. The molecule has 0 aliphatic heterocycles. The number of halogens is 3. The Hall–Kier alpha value is -1.07. The maximum Gasteiger partial charge on any atom is 0.471 e. The molecule has 0 saturated carbocycles. The summed E-state index contributed by atoms with van der Waals surface area (Å²) in [5.41, 5.74) is -0.535. The molecule has 1 aromatic heterocycles. The van der Waals surface area contributed by atoms with Gasteiger partial charge in [0.25, 0.3) is 0 Å². The molecule has 0 fully saturated rings. The standard InChI is InChI=1S/C7H9F3N2O/c1-6(2,3)4-11-5(13-12-4)7(8,9)10/h1-3H3. The first kappa shape index (κ1) is 10.0. The van der Waals surface area contributed by atoms with Gasteiger partial charge in [0.05, 0.1) is 0 Å². The van der Waals surface area contributed by atoms with Crippen molar-refractivity contribution in [1.82, 2.24) is 10.1 Å². The smallest absolute Gasteiger partial charge is 0.329 e. The number of hydrogen-bond donors (Lipinski definition) is 0. The van der Waals surface area contributed by atoms with E-state index in [2.05, 4.69) is 14.7 Å². The molecular formula is C7H9F3N2O. The summed E-state index contributed by atoms with van der Waals surface area (Å²) in [6.07, 6.45) is -4.56. The fraction of sp³-hybridized carbons (Fsp3) is 0.714. The predicted molar refractivity (Wildman–Crippen MR) is 38.0 cm³/mol. The van der Waals surface area contributed by atoms with E-state index in [1.807, 2.05) is 0 Å². The van der Waals surface area contributed by atoms with Gasteiger partial charge in [0, 0.05) is 5.41 Å². The molecule has 0 radical (unpaired) electrons. The number of aromatic nitrogens is 2. The minimum atomic E-state index is -4.56. The zero-order valence-corrected chi connectivity index (χ0v) is 7.44. The van der Waals surface area contributed by atoms with Crippen LogP contribution in [0.15, 0.2) is 4.52 Å². The molecular weight excluding hydrogens is 185 g/mol. The molecule has 0 N–H and O–H groups in total. The zero-order valence-electron chi connectivity index (χ0n) is 7.44. The highest BCUT2D eigenvalue weighted by Gasteiger charge is 2.39. The lowest BCUT2D eigenvalue weighted by Crippen LogP contribution is -2.14. The predicted octanol–water partition coefficient (Wildman–Crippen LogP) is 2.39. The van der Waals surface area contributed by atoms with Crippen molar-refractivity contribution in [2.24, 2.45) is 0 Å². The summed E-state index contributed by atoms with van der Waals surface area (Å²) in [6, 6.07) is 0. The molecule has 6 heteroatoms. The SMILES string of the molecule is CC(C)(C)c1noc(C(F)(F)F)n1. The highest BCUT2D eigenvalue weighted by molar-refractivity contribution is 5.01. The van der Waals surface area contributed by atoms with Crippen LogP contribution in [0.1, 0.15) is 32.5 Å². The van der Waals surface area contributed by atoms with Gasteiger partial charge in [-0.25, -0.2) is 0 Å². The third-order valence-electron chi connectivity index (χ3n) is 1.34. The average Bonchev–Trinajstić information content (AvgIpc) is 2.28. The van der Waals surface area contributed by atoms with Gasteiger partial charge in [-0.2, -0.15) is 18.2 Å². The second-order valence-electron chi connectivity index (χ2n) is 3.67. The van der Waals surface area contributed by atoms with E-state index >= 15 is 0 Å². The summed E-state index contributed by atoms with van der Waals surface area (Å²) in [4.78, 5) is 3.25. The molecule has 0 aliphatic carbocycles. The first-order chi connectivity index (χ1) is 5.71. The summed E-state index contributed by atoms with van der Waals surface area (Å²) < 4.78 is 40.0. The van der Waals surface area contributed by atoms with E-state index < -0.39 is 17.5 Å². The van der Waals surface area contributed by atoms with Crippen LogP contribution in [0.5, 0.6) is 0 Å². The highest BCUT2D eigenvalue weighted by atomic mass is 19.4. The van der Waals surface area contributed by atoms with Crippen LogP contribution >= 0.6 is 0 Å². The van der Waals surface area contributed by atoms with Gasteiger partial charge in [-0.15, -0.1) is 0 Å². The highest BCUT2D eigenvalue weighted by Crippen LogP contribution is 2.29. The van der Waals surface area contributed by atoms with Crippen molar-refractivity contribution in [2.75, 3.05) is 0 Å². The van der Waals surface area contributed by atoms with E-state index in [1.54, 1.807) is 20.8 Å². The van der Waals surface area contributed by atoms with E-state index in [-0.39, 0.29) is 5.82 Å². The fourth-order valence-corrected chi connectivity index (χ4v) is 0.643. The first-order valence-corrected chi connectivity index (χ1v) is 3.62. The number of rotatable bonds is 0. The Morgan fingerprint density at radius 2 is 1.69 bits per heavy atom. The lowest BCUT2D eigenvalue weighted by atomic mass is 9.96. The van der Waals surface area contributed by atoms with E-state index in [0.29, 0.717) is 0 Å². The molecule has 1 aromatic rings. The summed E-state index contributed by atoms with van der Waals surface area (Å²) >= 11 is 0. The Labute approximate surface area is 72.9 Å². The maximum atomic E-state index is 12.0. The molecule has 0 aromatic carbocycles. The molecule has 13 heavy (non-hydrogen) atoms. The van der Waals surface area contributed by atoms with Crippen molar-refractivity contribution in [3.8, 4) is 0 Å². The van der Waals surface area contributed by atoms with Crippen LogP contribution in [0.2, 0.25) is 0 Å². The minimum Gasteiger partial charge on any atom is -0.329 e. The average molecular weight is 194 g/mol. The molecule has 0 atom stereocenters. The van der Waals surface area contributed by atoms with Crippen molar-refractivity contribution < 1.29 is 17.7 Å². The monoisotopic (exact) mass is 194 g/mol. The van der Waals surface area contributed by atoms with Crippen LogP contribution in [0.25, 0.3) is 0 Å². The lowest BCUT2D eigenvalue weighted by Gasteiger charge is -2.10. The fourth-order valence-electron chi connectivity index (χ4n) is 0.643. The summed E-state index contributed by atoms with van der Waals surface area (Å²) in [7, 11) is 0. The topological polar surface area (TPSA) is 38.9 Å². The Kier molecular flexibility index (Phi) is 2.09. The van der Waals surface area contributed by atoms with Crippen LogP contribution in [0, 0.1) is 0 Å². The molecule has 0 amide bonds. The van der Waals surface area contributed by atoms with Crippen LogP contribution in [-0.2, 0) is 11.6 Å². The number of nitrogens with zero attached hydrogens (tertiary/aromatic N) is 2. The summed E-state index contributed by atoms with van der Waals surface area (Å²) in [5.74, 6) is -1.24. The zero-order chi connectivity index (χ0) is 10.3. The van der Waals surface area contributed by atoms with Gasteiger partial charge in [0.1, 0.15) is 0 Å². The Bertz CT molecular complexity index is 269. The van der Waals surface area contributed by atoms with Crippen molar-refractivity contribution in [3.05, 3.63) is 11.7 Å². The van der Waals surface area contributed by atoms with Crippen molar-refractivity contribution in [2.45, 2.75) is 32.4 Å². The molecule has 74 valence electrons.